The molecule has 0 unspecified atom stereocenters. The molecule has 3 aromatic carbocycles. The molecule has 0 amide bonds. The smallest absolute Gasteiger partial charge is 0.340 e. The van der Waals surface area contributed by atoms with Gasteiger partial charge in [0.15, 0.2) is 11.2 Å². The minimum absolute atomic E-state index is 0.122. The second-order valence-electron chi connectivity index (χ2n) is 6.65. The Morgan fingerprint density at radius 3 is 2.27 bits per heavy atom. The zero-order valence-corrected chi connectivity index (χ0v) is 16.0. The summed E-state index contributed by atoms with van der Waals surface area (Å²) in [7, 11) is 1.32. The van der Waals surface area contributed by atoms with Crippen LogP contribution in [0.2, 0.25) is 0 Å². The lowest BCUT2D eigenvalue weighted by Gasteiger charge is -2.01. The van der Waals surface area contributed by atoms with Gasteiger partial charge in [-0.2, -0.15) is 0 Å². The number of hydrogen-bond acceptors (Lipinski definition) is 7. The lowest BCUT2D eigenvalue weighted by atomic mass is 10.1. The Morgan fingerprint density at radius 2 is 1.50 bits per heavy atom. The second-order valence-corrected chi connectivity index (χ2v) is 6.65. The van der Waals surface area contributed by atoms with Crippen LogP contribution in [0.1, 0.15) is 15.9 Å². The van der Waals surface area contributed by atoms with E-state index in [1.807, 2.05) is 36.4 Å². The summed E-state index contributed by atoms with van der Waals surface area (Å²) >= 11 is 0. The zero-order chi connectivity index (χ0) is 20.7. The van der Waals surface area contributed by atoms with E-state index in [1.165, 1.54) is 7.11 Å². The van der Waals surface area contributed by atoms with Gasteiger partial charge >= 0.3 is 5.97 Å². The van der Waals surface area contributed by atoms with Crippen LogP contribution in [0.25, 0.3) is 45.1 Å². The maximum Gasteiger partial charge on any atom is 0.340 e. The molecular weight excluding hydrogens is 384 g/mol. The highest BCUT2D eigenvalue weighted by Crippen LogP contribution is 2.34. The van der Waals surface area contributed by atoms with Gasteiger partial charge in [-0.05, 0) is 35.9 Å². The summed E-state index contributed by atoms with van der Waals surface area (Å²) in [5, 5.41) is 9.63. The third kappa shape index (κ3) is 2.84. The maximum absolute atomic E-state index is 12.1. The van der Waals surface area contributed by atoms with E-state index in [4.69, 9.17) is 13.6 Å². The van der Waals surface area contributed by atoms with Crippen molar-refractivity contribution in [3.8, 4) is 22.9 Å². The predicted molar refractivity (Wildman–Crippen MR) is 110 cm³/mol. The van der Waals surface area contributed by atoms with Crippen molar-refractivity contribution >= 4 is 28.2 Å². The van der Waals surface area contributed by atoms with Crippen molar-refractivity contribution in [3.63, 3.8) is 0 Å². The summed E-state index contributed by atoms with van der Waals surface area (Å²) in [6, 6.07) is 17.9. The van der Waals surface area contributed by atoms with Crippen LogP contribution in [-0.2, 0) is 11.3 Å². The Hall–Kier alpha value is -3.97. The molecule has 0 atom stereocenters. The number of fused-ring (bicyclic) bond motifs is 2. The lowest BCUT2D eigenvalue weighted by molar-refractivity contribution is 0.0602. The molecule has 0 radical (unpaired) electrons. The molecule has 148 valence electrons. The number of benzene rings is 3. The van der Waals surface area contributed by atoms with Gasteiger partial charge in [0, 0.05) is 5.56 Å². The first-order chi connectivity index (χ1) is 14.7. The molecule has 0 fully saturated rings. The molecule has 2 heterocycles. The van der Waals surface area contributed by atoms with Gasteiger partial charge in [0.05, 0.1) is 24.8 Å². The number of aliphatic hydroxyl groups excluding tert-OH is 1. The quantitative estimate of drug-likeness (QED) is 0.441. The summed E-state index contributed by atoms with van der Waals surface area (Å²) in [6.45, 7) is -0.122. The van der Waals surface area contributed by atoms with Crippen LogP contribution in [0.15, 0.2) is 69.5 Å². The number of para-hydroxylation sites is 2. The van der Waals surface area contributed by atoms with E-state index < -0.39 is 5.97 Å². The number of oxazole rings is 2. The summed E-state index contributed by atoms with van der Waals surface area (Å²) in [4.78, 5) is 21.2. The van der Waals surface area contributed by atoms with E-state index in [-0.39, 0.29) is 6.61 Å². The number of nitrogens with zero attached hydrogens (tertiary/aromatic N) is 2. The van der Waals surface area contributed by atoms with E-state index in [0.29, 0.717) is 50.7 Å². The Balaban J connectivity index is 1.69. The van der Waals surface area contributed by atoms with Crippen LogP contribution in [-0.4, -0.2) is 28.2 Å². The fraction of sp³-hybridized carbons (Fsp3) is 0.0870. The van der Waals surface area contributed by atoms with Crippen molar-refractivity contribution < 1.29 is 23.5 Å². The molecule has 5 aromatic rings. The molecule has 0 saturated heterocycles. The number of aliphatic hydroxyl groups is 1. The van der Waals surface area contributed by atoms with Gasteiger partial charge < -0.3 is 18.7 Å². The minimum Gasteiger partial charge on any atom is -0.465 e. The van der Waals surface area contributed by atoms with Gasteiger partial charge in [-0.15, -0.1) is 0 Å². The van der Waals surface area contributed by atoms with E-state index in [2.05, 4.69) is 9.97 Å². The van der Waals surface area contributed by atoms with Crippen LogP contribution in [0.4, 0.5) is 0 Å². The fourth-order valence-electron chi connectivity index (χ4n) is 3.44. The van der Waals surface area contributed by atoms with Gasteiger partial charge in [0.1, 0.15) is 11.0 Å². The topological polar surface area (TPSA) is 98.6 Å². The molecule has 0 bridgehead atoms. The van der Waals surface area contributed by atoms with Gasteiger partial charge in [0.25, 0.3) is 0 Å². The maximum atomic E-state index is 12.1. The molecule has 7 heteroatoms. The molecule has 0 aliphatic carbocycles. The highest BCUT2D eigenvalue weighted by atomic mass is 16.5. The van der Waals surface area contributed by atoms with Gasteiger partial charge in [0.2, 0.25) is 11.8 Å². The van der Waals surface area contributed by atoms with Crippen LogP contribution in [0, 0.1) is 0 Å². The molecule has 7 nitrogen and oxygen atoms in total. The van der Waals surface area contributed by atoms with E-state index in [0.717, 1.165) is 5.56 Å². The molecule has 0 aliphatic rings. The van der Waals surface area contributed by atoms with Gasteiger partial charge in [-0.3, -0.25) is 0 Å². The number of carbonyl (C=O) groups is 1. The number of carbonyl (C=O) groups excluding carboxylic acids is 1. The first-order valence-corrected chi connectivity index (χ1v) is 9.26. The molecule has 30 heavy (non-hydrogen) atoms. The first kappa shape index (κ1) is 18.1. The van der Waals surface area contributed by atoms with Crippen LogP contribution < -0.4 is 0 Å². The van der Waals surface area contributed by atoms with Crippen molar-refractivity contribution in [2.24, 2.45) is 0 Å². The Labute approximate surface area is 170 Å². The van der Waals surface area contributed by atoms with E-state index >= 15 is 0 Å². The number of hydrogen-bond donors (Lipinski definition) is 1. The molecular formula is C23H16N2O5. The third-order valence-corrected chi connectivity index (χ3v) is 4.89. The van der Waals surface area contributed by atoms with Crippen molar-refractivity contribution in [1.82, 2.24) is 9.97 Å². The monoisotopic (exact) mass is 400 g/mol. The average molecular weight is 400 g/mol. The molecule has 0 aliphatic heterocycles. The highest BCUT2D eigenvalue weighted by molar-refractivity contribution is 6.02. The standard InChI is InChI=1S/C23H16N2O5/c1-28-23(27)16-9-5-11-18-20(16)25-22(30-18)15-8-4-10-17-19(15)24-21(29-17)14-7-3-2-6-13(14)12-26/h2-11,26H,12H2,1H3. The minimum atomic E-state index is -0.483. The summed E-state index contributed by atoms with van der Waals surface area (Å²) in [5.74, 6) is 0.235. The number of rotatable bonds is 4. The molecule has 5 rings (SSSR count). The number of aromatic nitrogens is 2. The Bertz CT molecular complexity index is 1400. The number of methoxy groups -OCH3 is 1. The summed E-state index contributed by atoms with van der Waals surface area (Å²) < 4.78 is 16.7. The predicted octanol–water partition coefficient (Wildman–Crippen LogP) is 4.58. The first-order valence-electron chi connectivity index (χ1n) is 9.26. The Morgan fingerprint density at radius 1 is 0.867 bits per heavy atom. The van der Waals surface area contributed by atoms with Crippen LogP contribution >= 0.6 is 0 Å². The average Bonchev–Trinajstić information content (AvgIpc) is 3.42. The third-order valence-electron chi connectivity index (χ3n) is 4.89. The van der Waals surface area contributed by atoms with Crippen molar-refractivity contribution in [2.75, 3.05) is 7.11 Å². The number of esters is 1. The SMILES string of the molecule is COC(=O)c1cccc2oc(-c3cccc4oc(-c5ccccc5CO)nc34)nc12. The summed E-state index contributed by atoms with van der Waals surface area (Å²) in [5.41, 5.74) is 4.43. The van der Waals surface area contributed by atoms with Crippen LogP contribution in [0.3, 0.4) is 0 Å². The second kappa shape index (κ2) is 7.13. The fourth-order valence-corrected chi connectivity index (χ4v) is 3.44. The van der Waals surface area contributed by atoms with Crippen LogP contribution in [0.5, 0.6) is 0 Å². The van der Waals surface area contributed by atoms with Gasteiger partial charge in [-0.1, -0.05) is 30.3 Å². The molecule has 2 aromatic heterocycles. The highest BCUT2D eigenvalue weighted by Gasteiger charge is 2.20. The van der Waals surface area contributed by atoms with Crippen molar-refractivity contribution in [2.45, 2.75) is 6.61 Å². The normalized spacial score (nSPS) is 11.3. The molecule has 0 saturated carbocycles. The van der Waals surface area contributed by atoms with Crippen molar-refractivity contribution in [1.29, 1.82) is 0 Å². The van der Waals surface area contributed by atoms with Gasteiger partial charge in [-0.25, -0.2) is 14.8 Å². The van der Waals surface area contributed by atoms with E-state index in [1.54, 1.807) is 24.3 Å². The number of ether oxygens (including phenoxy) is 1. The zero-order valence-electron chi connectivity index (χ0n) is 16.0. The van der Waals surface area contributed by atoms with E-state index in [9.17, 15) is 9.90 Å². The molecule has 1 N–H and O–H groups in total. The lowest BCUT2D eigenvalue weighted by Crippen LogP contribution is -2.01. The molecule has 0 spiro atoms. The summed E-state index contributed by atoms with van der Waals surface area (Å²) in [6.07, 6.45) is 0. The van der Waals surface area contributed by atoms with Crippen molar-refractivity contribution in [3.05, 3.63) is 71.8 Å². The Kier molecular flexibility index (Phi) is 4.30. The largest absolute Gasteiger partial charge is 0.465 e.